The zero-order valence-corrected chi connectivity index (χ0v) is 15.4. The first-order valence-electron chi connectivity index (χ1n) is 8.15. The second-order valence-corrected chi connectivity index (χ2v) is 7.49. The second kappa shape index (κ2) is 8.66. The molecule has 0 aliphatic carbocycles. The van der Waals surface area contributed by atoms with Crippen molar-refractivity contribution in [2.75, 3.05) is 40.9 Å². The zero-order valence-electron chi connectivity index (χ0n) is 14.5. The maximum absolute atomic E-state index is 11.8. The second-order valence-electron chi connectivity index (χ2n) is 5.78. The normalized spacial score (nSPS) is 17.5. The fraction of sp³-hybridized carbons (Fsp3) is 0.625. The van der Waals surface area contributed by atoms with E-state index in [0.29, 0.717) is 18.0 Å². The minimum Gasteiger partial charge on any atom is -0.493 e. The maximum atomic E-state index is 11.8. The van der Waals surface area contributed by atoms with Gasteiger partial charge in [0.1, 0.15) is 0 Å². The molecule has 0 amide bonds. The van der Waals surface area contributed by atoms with Crippen molar-refractivity contribution < 1.29 is 17.9 Å². The lowest BCUT2D eigenvalue weighted by Crippen LogP contribution is -2.43. The number of piperidine rings is 1. The molecule has 1 fully saturated rings. The molecule has 136 valence electrons. The van der Waals surface area contributed by atoms with Gasteiger partial charge in [0.05, 0.1) is 14.2 Å². The largest absolute Gasteiger partial charge is 0.493 e. The van der Waals surface area contributed by atoms with Crippen LogP contribution in [0.1, 0.15) is 30.9 Å². The maximum Gasteiger partial charge on any atom is 0.276 e. The summed E-state index contributed by atoms with van der Waals surface area (Å²) in [5.41, 5.74) is 1.01. The number of nitrogens with one attached hydrogen (secondary N) is 2. The number of rotatable bonds is 8. The van der Waals surface area contributed by atoms with E-state index in [1.807, 2.05) is 18.2 Å². The number of hydrogen-bond acceptors (Lipinski definition) is 5. The lowest BCUT2D eigenvalue weighted by molar-refractivity contribution is 0.164. The number of methoxy groups -OCH3 is 2. The van der Waals surface area contributed by atoms with E-state index in [1.165, 1.54) is 13.5 Å². The summed E-state index contributed by atoms with van der Waals surface area (Å²) < 4.78 is 39.1. The van der Waals surface area contributed by atoms with E-state index in [4.69, 9.17) is 9.47 Å². The molecular weight excluding hydrogens is 330 g/mol. The van der Waals surface area contributed by atoms with Gasteiger partial charge in [0.15, 0.2) is 11.5 Å². The Hall–Kier alpha value is -1.35. The van der Waals surface area contributed by atoms with E-state index in [-0.39, 0.29) is 6.04 Å². The van der Waals surface area contributed by atoms with Gasteiger partial charge >= 0.3 is 0 Å². The Morgan fingerprint density at radius 2 is 1.79 bits per heavy atom. The quantitative estimate of drug-likeness (QED) is 0.733. The van der Waals surface area contributed by atoms with Gasteiger partial charge in [0, 0.05) is 19.6 Å². The van der Waals surface area contributed by atoms with Crippen molar-refractivity contribution in [3.63, 3.8) is 0 Å². The van der Waals surface area contributed by atoms with E-state index >= 15 is 0 Å². The fourth-order valence-corrected chi connectivity index (χ4v) is 3.53. The highest BCUT2D eigenvalue weighted by Gasteiger charge is 2.24. The standard InChI is InChI=1S/C16H27N3O4S/c1-17-24(20,21)18-12-14(19-9-5-4-6-10-19)13-7-8-15(22-2)16(11-13)23-3/h7-8,11,14,17-18H,4-6,9-10,12H2,1-3H3. The van der Waals surface area contributed by atoms with Crippen LogP contribution in [0.25, 0.3) is 0 Å². The molecule has 1 heterocycles. The van der Waals surface area contributed by atoms with Crippen molar-refractivity contribution >= 4 is 10.2 Å². The van der Waals surface area contributed by atoms with E-state index in [2.05, 4.69) is 14.3 Å². The molecule has 1 saturated heterocycles. The third-order valence-corrected chi connectivity index (χ3v) is 5.44. The highest BCUT2D eigenvalue weighted by atomic mass is 32.2. The molecule has 24 heavy (non-hydrogen) atoms. The summed E-state index contributed by atoms with van der Waals surface area (Å²) in [4.78, 5) is 2.32. The average Bonchev–Trinajstić information content (AvgIpc) is 2.62. The Bertz CT molecular complexity index is 630. The molecule has 2 rings (SSSR count). The Kier molecular flexibility index (Phi) is 6.85. The van der Waals surface area contributed by atoms with Gasteiger partial charge in [-0.25, -0.2) is 9.44 Å². The Labute approximate surface area is 144 Å². The fourth-order valence-electron chi connectivity index (χ4n) is 3.01. The van der Waals surface area contributed by atoms with Crippen molar-refractivity contribution in [1.82, 2.24) is 14.3 Å². The number of likely N-dealkylation sites (tertiary alicyclic amines) is 1. The third-order valence-electron chi connectivity index (χ3n) is 4.36. The van der Waals surface area contributed by atoms with Gasteiger partial charge in [-0.15, -0.1) is 0 Å². The number of ether oxygens (including phenoxy) is 2. The summed E-state index contributed by atoms with van der Waals surface area (Å²) in [6.07, 6.45) is 3.47. The van der Waals surface area contributed by atoms with Crippen LogP contribution in [-0.4, -0.2) is 54.2 Å². The van der Waals surface area contributed by atoms with Crippen LogP contribution in [0.5, 0.6) is 11.5 Å². The van der Waals surface area contributed by atoms with Crippen LogP contribution >= 0.6 is 0 Å². The molecule has 1 aromatic rings. The molecule has 0 radical (unpaired) electrons. The molecule has 1 aromatic carbocycles. The van der Waals surface area contributed by atoms with Crippen LogP contribution < -0.4 is 18.9 Å². The van der Waals surface area contributed by atoms with Gasteiger partial charge in [-0.1, -0.05) is 12.5 Å². The molecule has 8 heteroatoms. The van der Waals surface area contributed by atoms with Crippen molar-refractivity contribution in [2.24, 2.45) is 0 Å². The molecule has 0 saturated carbocycles. The summed E-state index contributed by atoms with van der Waals surface area (Å²) in [6, 6.07) is 5.70. The summed E-state index contributed by atoms with van der Waals surface area (Å²) in [7, 11) is 1.12. The van der Waals surface area contributed by atoms with Crippen LogP contribution in [-0.2, 0) is 10.2 Å². The molecule has 0 spiro atoms. The Morgan fingerprint density at radius 1 is 1.12 bits per heavy atom. The van der Waals surface area contributed by atoms with Crippen molar-refractivity contribution in [1.29, 1.82) is 0 Å². The summed E-state index contributed by atoms with van der Waals surface area (Å²) in [5.74, 6) is 1.31. The molecular formula is C16H27N3O4S. The van der Waals surface area contributed by atoms with Crippen molar-refractivity contribution in [3.8, 4) is 11.5 Å². The summed E-state index contributed by atoms with van der Waals surface area (Å²) in [5, 5.41) is 0. The molecule has 1 aliphatic heterocycles. The topological polar surface area (TPSA) is 79.9 Å². The highest BCUT2D eigenvalue weighted by Crippen LogP contribution is 2.32. The van der Waals surface area contributed by atoms with Gasteiger partial charge in [-0.05, 0) is 43.6 Å². The molecule has 0 bridgehead atoms. The number of hydrogen-bond donors (Lipinski definition) is 2. The minimum absolute atomic E-state index is 0.0479. The summed E-state index contributed by atoms with van der Waals surface area (Å²) in [6.45, 7) is 2.22. The van der Waals surface area contributed by atoms with E-state index in [0.717, 1.165) is 31.5 Å². The first kappa shape index (κ1) is 19.0. The van der Waals surface area contributed by atoms with Crippen molar-refractivity contribution in [2.45, 2.75) is 25.3 Å². The van der Waals surface area contributed by atoms with Gasteiger partial charge < -0.3 is 9.47 Å². The minimum atomic E-state index is -3.47. The predicted molar refractivity (Wildman–Crippen MR) is 93.7 cm³/mol. The predicted octanol–water partition coefficient (Wildman–Crippen LogP) is 1.28. The van der Waals surface area contributed by atoms with E-state index in [9.17, 15) is 8.42 Å². The van der Waals surface area contributed by atoms with Crippen molar-refractivity contribution in [3.05, 3.63) is 23.8 Å². The number of nitrogens with zero attached hydrogens (tertiary/aromatic N) is 1. The van der Waals surface area contributed by atoms with Crippen LogP contribution in [0.15, 0.2) is 18.2 Å². The van der Waals surface area contributed by atoms with Gasteiger partial charge in [-0.2, -0.15) is 8.42 Å². The van der Waals surface area contributed by atoms with E-state index in [1.54, 1.807) is 14.2 Å². The molecule has 2 N–H and O–H groups in total. The van der Waals surface area contributed by atoms with Gasteiger partial charge in [0.2, 0.25) is 0 Å². The first-order chi connectivity index (χ1) is 11.5. The van der Waals surface area contributed by atoms with E-state index < -0.39 is 10.2 Å². The molecule has 1 aliphatic rings. The SMILES string of the molecule is CNS(=O)(=O)NCC(c1ccc(OC)c(OC)c1)N1CCCCC1. The van der Waals surface area contributed by atoms with Crippen LogP contribution in [0.2, 0.25) is 0 Å². The smallest absolute Gasteiger partial charge is 0.276 e. The monoisotopic (exact) mass is 357 g/mol. The highest BCUT2D eigenvalue weighted by molar-refractivity contribution is 7.87. The Balaban J connectivity index is 2.27. The third kappa shape index (κ3) is 4.83. The number of benzene rings is 1. The van der Waals surface area contributed by atoms with Gasteiger partial charge in [0.25, 0.3) is 10.2 Å². The molecule has 0 aromatic heterocycles. The lowest BCUT2D eigenvalue weighted by Gasteiger charge is -2.35. The molecule has 1 atom stereocenters. The van der Waals surface area contributed by atoms with Gasteiger partial charge in [-0.3, -0.25) is 4.90 Å². The molecule has 1 unspecified atom stereocenters. The average molecular weight is 357 g/mol. The van der Waals surface area contributed by atoms with Crippen LogP contribution in [0, 0.1) is 0 Å². The van der Waals surface area contributed by atoms with Crippen LogP contribution in [0.4, 0.5) is 0 Å². The lowest BCUT2D eigenvalue weighted by atomic mass is 10.0. The Morgan fingerprint density at radius 3 is 2.38 bits per heavy atom. The van der Waals surface area contributed by atoms with Crippen LogP contribution in [0.3, 0.4) is 0 Å². The first-order valence-corrected chi connectivity index (χ1v) is 9.63. The zero-order chi connectivity index (χ0) is 17.6. The summed E-state index contributed by atoms with van der Waals surface area (Å²) >= 11 is 0. The molecule has 7 nitrogen and oxygen atoms in total.